The molecular formula is C73H136O6. The third-order valence-corrected chi connectivity index (χ3v) is 16.1. The van der Waals surface area contributed by atoms with Crippen LogP contribution in [-0.2, 0) is 28.6 Å². The first-order valence-corrected chi connectivity index (χ1v) is 35.5. The van der Waals surface area contributed by atoms with E-state index in [0.29, 0.717) is 19.3 Å². The van der Waals surface area contributed by atoms with E-state index in [4.69, 9.17) is 14.2 Å². The number of unbranched alkanes of at least 4 members (excludes halogenated alkanes) is 49. The van der Waals surface area contributed by atoms with Crippen molar-refractivity contribution < 1.29 is 28.6 Å². The van der Waals surface area contributed by atoms with Crippen LogP contribution >= 0.6 is 0 Å². The SMILES string of the molecule is CCCC/C=C\CCCCCCCC(=O)OCC(COC(=O)CCCCCCCCCCCCCCCCCCCCCCCCCCCCCCCCCCCC)OC(=O)CCCCCCC/C=C\C/C=C\CCCCCC. The maximum atomic E-state index is 12.9. The van der Waals surface area contributed by atoms with Crippen molar-refractivity contribution in [3.8, 4) is 0 Å². The summed E-state index contributed by atoms with van der Waals surface area (Å²) in [5, 5.41) is 0. The summed E-state index contributed by atoms with van der Waals surface area (Å²) in [5.74, 6) is -0.879. The Labute approximate surface area is 493 Å². The number of hydrogen-bond acceptors (Lipinski definition) is 6. The first-order chi connectivity index (χ1) is 39.0. The molecule has 0 amide bonds. The van der Waals surface area contributed by atoms with E-state index in [2.05, 4.69) is 57.2 Å². The lowest BCUT2D eigenvalue weighted by Gasteiger charge is -2.18. The van der Waals surface area contributed by atoms with Gasteiger partial charge in [0, 0.05) is 19.3 Å². The Morgan fingerprint density at radius 3 is 0.759 bits per heavy atom. The van der Waals surface area contributed by atoms with Crippen molar-refractivity contribution in [2.75, 3.05) is 13.2 Å². The van der Waals surface area contributed by atoms with Gasteiger partial charge in [-0.05, 0) is 70.6 Å². The van der Waals surface area contributed by atoms with Gasteiger partial charge in [0.25, 0.3) is 0 Å². The number of rotatable bonds is 66. The second-order valence-corrected chi connectivity index (χ2v) is 24.1. The molecule has 0 aromatic carbocycles. The first-order valence-electron chi connectivity index (χ1n) is 35.5. The van der Waals surface area contributed by atoms with Crippen LogP contribution in [0.1, 0.15) is 393 Å². The van der Waals surface area contributed by atoms with E-state index in [1.807, 2.05) is 0 Å². The summed E-state index contributed by atoms with van der Waals surface area (Å²) >= 11 is 0. The maximum Gasteiger partial charge on any atom is 0.306 e. The fraction of sp³-hybridized carbons (Fsp3) is 0.877. The molecule has 0 spiro atoms. The zero-order chi connectivity index (χ0) is 57.1. The Hall–Kier alpha value is -2.37. The Morgan fingerprint density at radius 2 is 0.468 bits per heavy atom. The van der Waals surface area contributed by atoms with Crippen LogP contribution < -0.4 is 0 Å². The molecule has 0 saturated heterocycles. The van der Waals surface area contributed by atoms with Crippen LogP contribution in [0.15, 0.2) is 36.5 Å². The largest absolute Gasteiger partial charge is 0.462 e. The average Bonchev–Trinajstić information content (AvgIpc) is 3.45. The predicted octanol–water partition coefficient (Wildman–Crippen LogP) is 24.3. The van der Waals surface area contributed by atoms with Gasteiger partial charge in [-0.15, -0.1) is 0 Å². The van der Waals surface area contributed by atoms with Crippen LogP contribution in [0.5, 0.6) is 0 Å². The molecule has 0 saturated carbocycles. The molecule has 0 N–H and O–H groups in total. The maximum absolute atomic E-state index is 12.9. The van der Waals surface area contributed by atoms with Gasteiger partial charge in [0.1, 0.15) is 13.2 Å². The van der Waals surface area contributed by atoms with Gasteiger partial charge in [-0.1, -0.05) is 340 Å². The van der Waals surface area contributed by atoms with Crippen molar-refractivity contribution in [2.24, 2.45) is 0 Å². The summed E-state index contributed by atoms with van der Waals surface area (Å²) < 4.78 is 16.9. The Bertz CT molecular complexity index is 1320. The molecular weight excluding hydrogens is 973 g/mol. The molecule has 0 aliphatic rings. The topological polar surface area (TPSA) is 78.9 Å². The molecule has 1 unspecified atom stereocenters. The lowest BCUT2D eigenvalue weighted by atomic mass is 10.0. The zero-order valence-corrected chi connectivity index (χ0v) is 53.4. The van der Waals surface area contributed by atoms with E-state index in [1.54, 1.807) is 0 Å². The standard InChI is InChI=1S/C73H136O6/c1-4-7-10-13-16-19-22-24-26-28-29-30-31-32-33-34-35-36-37-38-39-40-41-42-43-44-45-47-48-51-54-57-60-63-66-72(75)78-69-70(68-77-71(74)65-62-59-56-53-50-21-18-15-12-9-6-3)79-73(76)67-64-61-58-55-52-49-46-27-25-23-20-17-14-11-8-5-2/h15,18,20,23,27,46,70H,4-14,16-17,19,21-22,24-26,28-45,47-69H2,1-3H3/b18-15-,23-20-,46-27-. The van der Waals surface area contributed by atoms with Gasteiger partial charge in [0.2, 0.25) is 0 Å². The summed E-state index contributed by atoms with van der Waals surface area (Å²) in [6, 6.07) is 0. The molecule has 0 aliphatic heterocycles. The van der Waals surface area contributed by atoms with Gasteiger partial charge in [-0.25, -0.2) is 0 Å². The number of hydrogen-bond donors (Lipinski definition) is 0. The summed E-state index contributed by atoms with van der Waals surface area (Å²) in [6.45, 7) is 6.63. The molecule has 0 aliphatic carbocycles. The highest BCUT2D eigenvalue weighted by atomic mass is 16.6. The van der Waals surface area contributed by atoms with Crippen LogP contribution in [0.4, 0.5) is 0 Å². The molecule has 0 aromatic heterocycles. The molecule has 0 radical (unpaired) electrons. The minimum atomic E-state index is -0.781. The average molecular weight is 1110 g/mol. The summed E-state index contributed by atoms with van der Waals surface area (Å²) in [7, 11) is 0. The second-order valence-electron chi connectivity index (χ2n) is 24.1. The molecule has 0 rings (SSSR count). The van der Waals surface area contributed by atoms with Crippen molar-refractivity contribution in [3.63, 3.8) is 0 Å². The number of carbonyl (C=O) groups excluding carboxylic acids is 3. The Balaban J connectivity index is 4.03. The molecule has 6 heteroatoms. The molecule has 6 nitrogen and oxygen atoms in total. The molecule has 0 bridgehead atoms. The minimum Gasteiger partial charge on any atom is -0.462 e. The first kappa shape index (κ1) is 76.6. The van der Waals surface area contributed by atoms with Crippen LogP contribution in [0.25, 0.3) is 0 Å². The third-order valence-electron chi connectivity index (χ3n) is 16.1. The fourth-order valence-corrected chi connectivity index (χ4v) is 10.8. The van der Waals surface area contributed by atoms with E-state index in [-0.39, 0.29) is 31.1 Å². The van der Waals surface area contributed by atoms with Crippen LogP contribution in [0.3, 0.4) is 0 Å². The number of esters is 3. The van der Waals surface area contributed by atoms with E-state index in [0.717, 1.165) is 89.9 Å². The van der Waals surface area contributed by atoms with Crippen molar-refractivity contribution in [1.29, 1.82) is 0 Å². The molecule has 0 fully saturated rings. The molecule has 1 atom stereocenters. The van der Waals surface area contributed by atoms with Crippen molar-refractivity contribution >= 4 is 17.9 Å². The normalized spacial score (nSPS) is 12.2. The van der Waals surface area contributed by atoms with E-state index in [9.17, 15) is 14.4 Å². The van der Waals surface area contributed by atoms with Gasteiger partial charge < -0.3 is 14.2 Å². The second kappa shape index (κ2) is 68.1. The summed E-state index contributed by atoms with van der Waals surface area (Å²) in [4.78, 5) is 38.3. The van der Waals surface area contributed by atoms with Gasteiger partial charge in [0.05, 0.1) is 0 Å². The van der Waals surface area contributed by atoms with Gasteiger partial charge >= 0.3 is 17.9 Å². The number of ether oxygens (including phenoxy) is 3. The van der Waals surface area contributed by atoms with E-state index < -0.39 is 6.10 Å². The van der Waals surface area contributed by atoms with Gasteiger partial charge in [-0.3, -0.25) is 14.4 Å². The van der Waals surface area contributed by atoms with E-state index in [1.165, 1.54) is 263 Å². The minimum absolute atomic E-state index is 0.0767. The summed E-state index contributed by atoms with van der Waals surface area (Å²) in [6.07, 6.45) is 84.9. The zero-order valence-electron chi connectivity index (χ0n) is 53.4. The molecule has 0 aromatic rings. The Morgan fingerprint density at radius 1 is 0.253 bits per heavy atom. The van der Waals surface area contributed by atoms with Crippen LogP contribution in [0.2, 0.25) is 0 Å². The van der Waals surface area contributed by atoms with Crippen molar-refractivity contribution in [3.05, 3.63) is 36.5 Å². The number of carbonyl (C=O) groups is 3. The highest BCUT2D eigenvalue weighted by Crippen LogP contribution is 2.19. The Kier molecular flexibility index (Phi) is 66.1. The van der Waals surface area contributed by atoms with Crippen LogP contribution in [0, 0.1) is 0 Å². The van der Waals surface area contributed by atoms with Crippen LogP contribution in [-0.4, -0.2) is 37.2 Å². The molecule has 79 heavy (non-hydrogen) atoms. The van der Waals surface area contributed by atoms with Gasteiger partial charge in [-0.2, -0.15) is 0 Å². The highest BCUT2D eigenvalue weighted by molar-refractivity contribution is 5.71. The fourth-order valence-electron chi connectivity index (χ4n) is 10.8. The monoisotopic (exact) mass is 1110 g/mol. The lowest BCUT2D eigenvalue weighted by molar-refractivity contribution is -0.167. The predicted molar refractivity (Wildman–Crippen MR) is 344 cm³/mol. The summed E-state index contributed by atoms with van der Waals surface area (Å²) in [5.41, 5.74) is 0. The molecule has 0 heterocycles. The van der Waals surface area contributed by atoms with Crippen molar-refractivity contribution in [2.45, 2.75) is 399 Å². The smallest absolute Gasteiger partial charge is 0.306 e. The lowest BCUT2D eigenvalue weighted by Crippen LogP contribution is -2.30. The highest BCUT2D eigenvalue weighted by Gasteiger charge is 2.19. The van der Waals surface area contributed by atoms with Crippen molar-refractivity contribution in [1.82, 2.24) is 0 Å². The van der Waals surface area contributed by atoms with E-state index >= 15 is 0 Å². The molecule has 464 valence electrons. The quantitative estimate of drug-likeness (QED) is 0.0261. The number of allylic oxidation sites excluding steroid dienone is 6. The van der Waals surface area contributed by atoms with Gasteiger partial charge in [0.15, 0.2) is 6.10 Å². The third kappa shape index (κ3) is 66.3.